The fourth-order valence-corrected chi connectivity index (χ4v) is 3.25. The topological polar surface area (TPSA) is 49.3 Å². The van der Waals surface area contributed by atoms with Crippen molar-refractivity contribution in [3.63, 3.8) is 0 Å². The zero-order chi connectivity index (χ0) is 15.7. The fourth-order valence-electron chi connectivity index (χ4n) is 2.54. The molecule has 0 spiro atoms. The van der Waals surface area contributed by atoms with E-state index in [2.05, 4.69) is 5.32 Å². The first kappa shape index (κ1) is 15.1. The molecule has 22 heavy (non-hydrogen) atoms. The Kier molecular flexibility index (Phi) is 4.22. The van der Waals surface area contributed by atoms with Gasteiger partial charge in [-0.2, -0.15) is 11.3 Å². The molecule has 0 radical (unpaired) electrons. The van der Waals surface area contributed by atoms with Crippen LogP contribution in [0.25, 0.3) is 0 Å². The third-order valence-corrected chi connectivity index (χ3v) is 4.59. The molecule has 0 aliphatic heterocycles. The Labute approximate surface area is 130 Å². The van der Waals surface area contributed by atoms with Crippen LogP contribution in [-0.2, 0) is 4.79 Å². The number of halogens is 2. The van der Waals surface area contributed by atoms with Crippen LogP contribution >= 0.6 is 11.3 Å². The normalized spacial score (nSPS) is 21.4. The van der Waals surface area contributed by atoms with Gasteiger partial charge in [0.05, 0.1) is 6.10 Å². The first-order chi connectivity index (χ1) is 10.6. The Morgan fingerprint density at radius 1 is 1.41 bits per heavy atom. The van der Waals surface area contributed by atoms with E-state index in [4.69, 9.17) is 0 Å². The number of rotatable bonds is 5. The van der Waals surface area contributed by atoms with E-state index in [1.807, 2.05) is 10.8 Å². The zero-order valence-corrected chi connectivity index (χ0v) is 12.4. The highest BCUT2D eigenvalue weighted by molar-refractivity contribution is 7.07. The lowest BCUT2D eigenvalue weighted by Crippen LogP contribution is -2.29. The maximum atomic E-state index is 13.7. The molecule has 1 aliphatic carbocycles. The molecule has 6 heteroatoms. The maximum absolute atomic E-state index is 13.7. The van der Waals surface area contributed by atoms with Gasteiger partial charge in [0.1, 0.15) is 11.6 Å². The van der Waals surface area contributed by atoms with Crippen LogP contribution < -0.4 is 5.32 Å². The van der Waals surface area contributed by atoms with Gasteiger partial charge in [0.2, 0.25) is 5.91 Å². The molecule has 2 N–H and O–H groups in total. The Balaban J connectivity index is 1.54. The summed E-state index contributed by atoms with van der Waals surface area (Å²) < 4.78 is 26.6. The van der Waals surface area contributed by atoms with Crippen molar-refractivity contribution in [1.82, 2.24) is 5.32 Å². The lowest BCUT2D eigenvalue weighted by atomic mass is 10.1. The van der Waals surface area contributed by atoms with Crippen LogP contribution in [0.2, 0.25) is 0 Å². The summed E-state index contributed by atoms with van der Waals surface area (Å²) in [5.41, 5.74) is 1.14. The number of aliphatic hydroxyl groups excluding tert-OH is 1. The van der Waals surface area contributed by atoms with Gasteiger partial charge < -0.3 is 10.4 Å². The molecular weight excluding hydrogens is 308 g/mol. The van der Waals surface area contributed by atoms with E-state index in [9.17, 15) is 18.7 Å². The van der Waals surface area contributed by atoms with Crippen LogP contribution in [0.15, 0.2) is 35.0 Å². The molecule has 1 amide bonds. The number of carbonyl (C=O) groups is 1. The molecule has 1 aliphatic rings. The quantitative estimate of drug-likeness (QED) is 0.889. The average molecular weight is 323 g/mol. The number of benzene rings is 1. The molecule has 1 fully saturated rings. The van der Waals surface area contributed by atoms with Crippen molar-refractivity contribution in [3.05, 3.63) is 57.8 Å². The number of nitrogens with one attached hydrogen (secondary N) is 1. The van der Waals surface area contributed by atoms with Gasteiger partial charge in [0.15, 0.2) is 0 Å². The minimum atomic E-state index is -0.741. The molecule has 3 unspecified atom stereocenters. The van der Waals surface area contributed by atoms with E-state index in [1.165, 1.54) is 23.5 Å². The Morgan fingerprint density at radius 3 is 2.91 bits per heavy atom. The van der Waals surface area contributed by atoms with Crippen molar-refractivity contribution in [2.75, 3.05) is 6.54 Å². The lowest BCUT2D eigenvalue weighted by molar-refractivity contribution is -0.122. The summed E-state index contributed by atoms with van der Waals surface area (Å²) in [7, 11) is 0. The van der Waals surface area contributed by atoms with Crippen LogP contribution in [0.1, 0.15) is 29.6 Å². The summed E-state index contributed by atoms with van der Waals surface area (Å²) in [4.78, 5) is 12.0. The van der Waals surface area contributed by atoms with Gasteiger partial charge in [0, 0.05) is 18.5 Å². The number of thiophene rings is 1. The SMILES string of the molecule is O=C(NCC(O)c1ccsc1)C1CC1c1ccc(F)cc1F. The Hall–Kier alpha value is -1.79. The van der Waals surface area contributed by atoms with Crippen molar-refractivity contribution in [1.29, 1.82) is 0 Å². The van der Waals surface area contributed by atoms with Gasteiger partial charge in [-0.15, -0.1) is 0 Å². The number of aliphatic hydroxyl groups is 1. The monoisotopic (exact) mass is 323 g/mol. The highest BCUT2D eigenvalue weighted by Gasteiger charge is 2.45. The molecule has 1 saturated carbocycles. The first-order valence-corrected chi connectivity index (χ1v) is 7.93. The van der Waals surface area contributed by atoms with E-state index < -0.39 is 17.7 Å². The second kappa shape index (κ2) is 6.14. The maximum Gasteiger partial charge on any atom is 0.223 e. The van der Waals surface area contributed by atoms with E-state index in [0.717, 1.165) is 11.6 Å². The summed E-state index contributed by atoms with van der Waals surface area (Å²) in [5, 5.41) is 16.3. The van der Waals surface area contributed by atoms with Gasteiger partial charge in [0.25, 0.3) is 0 Å². The van der Waals surface area contributed by atoms with E-state index in [1.54, 1.807) is 6.07 Å². The zero-order valence-electron chi connectivity index (χ0n) is 11.6. The molecule has 1 aromatic carbocycles. The number of hydrogen-bond donors (Lipinski definition) is 2. The third kappa shape index (κ3) is 3.18. The van der Waals surface area contributed by atoms with Crippen LogP contribution in [0, 0.1) is 17.6 Å². The van der Waals surface area contributed by atoms with Gasteiger partial charge >= 0.3 is 0 Å². The van der Waals surface area contributed by atoms with Crippen LogP contribution in [0.4, 0.5) is 8.78 Å². The largest absolute Gasteiger partial charge is 0.387 e. The smallest absolute Gasteiger partial charge is 0.223 e. The van der Waals surface area contributed by atoms with Crippen molar-refractivity contribution in [2.45, 2.75) is 18.4 Å². The van der Waals surface area contributed by atoms with Crippen molar-refractivity contribution in [3.8, 4) is 0 Å². The summed E-state index contributed by atoms with van der Waals surface area (Å²) in [5.74, 6) is -1.96. The van der Waals surface area contributed by atoms with Gasteiger partial charge in [-0.25, -0.2) is 8.78 Å². The van der Waals surface area contributed by atoms with E-state index >= 15 is 0 Å². The summed E-state index contributed by atoms with van der Waals surface area (Å²) in [6.07, 6.45) is -0.196. The van der Waals surface area contributed by atoms with Crippen LogP contribution in [0.5, 0.6) is 0 Å². The van der Waals surface area contributed by atoms with Crippen molar-refractivity contribution in [2.24, 2.45) is 5.92 Å². The predicted octanol–water partition coefficient (Wildman–Crippen LogP) is 2.98. The minimum Gasteiger partial charge on any atom is -0.387 e. The van der Waals surface area contributed by atoms with Crippen LogP contribution in [-0.4, -0.2) is 17.6 Å². The third-order valence-electron chi connectivity index (χ3n) is 3.89. The highest BCUT2D eigenvalue weighted by atomic mass is 32.1. The van der Waals surface area contributed by atoms with Crippen molar-refractivity contribution < 1.29 is 18.7 Å². The van der Waals surface area contributed by atoms with E-state index in [0.29, 0.717) is 12.0 Å². The Bertz CT molecular complexity index is 675. The number of hydrogen-bond acceptors (Lipinski definition) is 3. The molecule has 3 rings (SSSR count). The highest BCUT2D eigenvalue weighted by Crippen LogP contribution is 2.48. The number of amides is 1. The molecule has 3 atom stereocenters. The first-order valence-electron chi connectivity index (χ1n) is 6.99. The molecule has 1 aromatic heterocycles. The van der Waals surface area contributed by atoms with Gasteiger partial charge in [-0.1, -0.05) is 6.07 Å². The summed E-state index contributed by atoms with van der Waals surface area (Å²) in [6, 6.07) is 5.23. The second-order valence-corrected chi connectivity index (χ2v) is 6.21. The molecule has 116 valence electrons. The van der Waals surface area contributed by atoms with Crippen molar-refractivity contribution >= 4 is 17.2 Å². The molecule has 1 heterocycles. The van der Waals surface area contributed by atoms with Gasteiger partial charge in [-0.3, -0.25) is 4.79 Å². The van der Waals surface area contributed by atoms with Gasteiger partial charge in [-0.05, 0) is 46.4 Å². The Morgan fingerprint density at radius 2 is 2.23 bits per heavy atom. The van der Waals surface area contributed by atoms with E-state index in [-0.39, 0.29) is 24.3 Å². The summed E-state index contributed by atoms with van der Waals surface area (Å²) in [6.45, 7) is 0.130. The number of carbonyl (C=O) groups excluding carboxylic acids is 1. The molecule has 0 saturated heterocycles. The second-order valence-electron chi connectivity index (χ2n) is 5.43. The fraction of sp³-hybridized carbons (Fsp3) is 0.312. The standard InChI is InChI=1S/C16H15F2NO2S/c17-10-1-2-11(14(18)5-10)12-6-13(12)16(21)19-7-15(20)9-3-4-22-8-9/h1-5,8,12-13,15,20H,6-7H2,(H,19,21). The molecule has 3 nitrogen and oxygen atoms in total. The predicted molar refractivity (Wildman–Crippen MR) is 79.5 cm³/mol. The molecule has 2 aromatic rings. The average Bonchev–Trinajstić information content (AvgIpc) is 3.08. The van der Waals surface area contributed by atoms with Crippen LogP contribution in [0.3, 0.4) is 0 Å². The minimum absolute atomic E-state index is 0.130. The lowest BCUT2D eigenvalue weighted by Gasteiger charge is -2.10. The molecular formula is C16H15F2NO2S. The molecule has 0 bridgehead atoms. The summed E-state index contributed by atoms with van der Waals surface area (Å²) >= 11 is 1.48.